The summed E-state index contributed by atoms with van der Waals surface area (Å²) in [6, 6.07) is 7.74. The Kier molecular flexibility index (Phi) is 5.24. The largest absolute Gasteiger partial charge is 0.396 e. The Morgan fingerprint density at radius 3 is 2.32 bits per heavy atom. The zero-order valence-electron chi connectivity index (χ0n) is 13.8. The van der Waals surface area contributed by atoms with E-state index < -0.39 is 0 Å². The van der Waals surface area contributed by atoms with E-state index >= 15 is 0 Å². The second-order valence-electron chi connectivity index (χ2n) is 7.28. The predicted octanol–water partition coefficient (Wildman–Crippen LogP) is 2.50. The van der Waals surface area contributed by atoms with Gasteiger partial charge in [0.1, 0.15) is 0 Å². The lowest BCUT2D eigenvalue weighted by Gasteiger charge is -2.35. The van der Waals surface area contributed by atoms with Crippen molar-refractivity contribution in [3.63, 3.8) is 0 Å². The highest BCUT2D eigenvalue weighted by Gasteiger charge is 2.32. The maximum absolute atomic E-state index is 12.3. The van der Waals surface area contributed by atoms with Crippen LogP contribution >= 0.6 is 0 Å². The Labute approximate surface area is 132 Å². The first-order chi connectivity index (χ1) is 10.4. The number of hydrogen-bond acceptors (Lipinski definition) is 3. The van der Waals surface area contributed by atoms with Crippen LogP contribution in [0.2, 0.25) is 0 Å². The molecule has 1 aliphatic heterocycles. The Bertz CT molecular complexity index is 496. The molecule has 2 rings (SSSR count). The number of carbonyl (C=O) groups excluding carboxylic acids is 1. The molecule has 1 saturated heterocycles. The molecule has 0 atom stereocenters. The second-order valence-corrected chi connectivity index (χ2v) is 7.28. The maximum atomic E-state index is 12.3. The molecular formula is C18H27NO3. The summed E-state index contributed by atoms with van der Waals surface area (Å²) < 4.78 is 5.34. The SMILES string of the molecule is CC(C)(C)c1ccc(C(=O)NCC2(CO)CCOCC2)cc1. The number of aliphatic hydroxyl groups is 1. The summed E-state index contributed by atoms with van der Waals surface area (Å²) in [5.74, 6) is -0.0835. The van der Waals surface area contributed by atoms with E-state index in [2.05, 4.69) is 26.1 Å². The number of carbonyl (C=O) groups is 1. The van der Waals surface area contributed by atoms with E-state index in [1.54, 1.807) is 0 Å². The van der Waals surface area contributed by atoms with Crippen LogP contribution in [0, 0.1) is 5.41 Å². The zero-order chi connectivity index (χ0) is 16.2. The van der Waals surface area contributed by atoms with E-state index in [9.17, 15) is 9.90 Å². The smallest absolute Gasteiger partial charge is 0.251 e. The minimum atomic E-state index is -0.237. The molecule has 0 radical (unpaired) electrons. The van der Waals surface area contributed by atoms with E-state index in [4.69, 9.17) is 4.74 Å². The molecule has 1 aromatic carbocycles. The van der Waals surface area contributed by atoms with Gasteiger partial charge in [0.2, 0.25) is 0 Å². The number of rotatable bonds is 4. The van der Waals surface area contributed by atoms with Gasteiger partial charge in [-0.3, -0.25) is 4.79 Å². The summed E-state index contributed by atoms with van der Waals surface area (Å²) in [5.41, 5.74) is 1.71. The van der Waals surface area contributed by atoms with Gasteiger partial charge in [-0.1, -0.05) is 32.9 Å². The van der Waals surface area contributed by atoms with Crippen molar-refractivity contribution in [1.82, 2.24) is 5.32 Å². The third-order valence-corrected chi connectivity index (χ3v) is 4.53. The van der Waals surface area contributed by atoms with Crippen molar-refractivity contribution >= 4 is 5.91 Å². The molecule has 4 heteroatoms. The van der Waals surface area contributed by atoms with Gasteiger partial charge in [0.15, 0.2) is 0 Å². The average molecular weight is 305 g/mol. The highest BCUT2D eigenvalue weighted by atomic mass is 16.5. The Morgan fingerprint density at radius 2 is 1.82 bits per heavy atom. The first kappa shape index (κ1) is 17.0. The van der Waals surface area contributed by atoms with Crippen molar-refractivity contribution < 1.29 is 14.6 Å². The van der Waals surface area contributed by atoms with Crippen molar-refractivity contribution in [2.75, 3.05) is 26.4 Å². The fourth-order valence-electron chi connectivity index (χ4n) is 2.69. The van der Waals surface area contributed by atoms with Crippen LogP contribution in [0.1, 0.15) is 49.5 Å². The number of hydrogen-bond donors (Lipinski definition) is 2. The van der Waals surface area contributed by atoms with Crippen molar-refractivity contribution in [2.45, 2.75) is 39.0 Å². The van der Waals surface area contributed by atoms with Gasteiger partial charge in [-0.15, -0.1) is 0 Å². The molecule has 0 aliphatic carbocycles. The topological polar surface area (TPSA) is 58.6 Å². The normalized spacial score (nSPS) is 18.0. The molecule has 1 amide bonds. The number of ether oxygens (including phenoxy) is 1. The predicted molar refractivity (Wildman–Crippen MR) is 87.0 cm³/mol. The Hall–Kier alpha value is -1.39. The van der Waals surface area contributed by atoms with Crippen molar-refractivity contribution in [3.8, 4) is 0 Å². The molecule has 0 unspecified atom stereocenters. The molecular weight excluding hydrogens is 278 g/mol. The van der Waals surface area contributed by atoms with Gasteiger partial charge < -0.3 is 15.2 Å². The number of nitrogens with one attached hydrogen (secondary N) is 1. The first-order valence-electron chi connectivity index (χ1n) is 7.94. The second kappa shape index (κ2) is 6.80. The van der Waals surface area contributed by atoms with Crippen molar-refractivity contribution in [2.24, 2.45) is 5.41 Å². The summed E-state index contributed by atoms with van der Waals surface area (Å²) in [7, 11) is 0. The number of aliphatic hydroxyl groups excluding tert-OH is 1. The van der Waals surface area contributed by atoms with Crippen molar-refractivity contribution in [1.29, 1.82) is 0 Å². The fraction of sp³-hybridized carbons (Fsp3) is 0.611. The van der Waals surface area contributed by atoms with Crippen LogP contribution in [0.3, 0.4) is 0 Å². The van der Waals surface area contributed by atoms with Crippen LogP contribution in [0.4, 0.5) is 0 Å². The third kappa shape index (κ3) is 4.08. The summed E-state index contributed by atoms with van der Waals surface area (Å²) in [6.07, 6.45) is 1.57. The van der Waals surface area contributed by atoms with Gasteiger partial charge in [-0.05, 0) is 36.0 Å². The highest BCUT2D eigenvalue weighted by molar-refractivity contribution is 5.94. The monoisotopic (exact) mass is 305 g/mol. The molecule has 0 bridgehead atoms. The minimum absolute atomic E-state index is 0.0814. The van der Waals surface area contributed by atoms with E-state index in [0.717, 1.165) is 12.8 Å². The van der Waals surface area contributed by atoms with Crippen LogP contribution in [-0.2, 0) is 10.2 Å². The lowest BCUT2D eigenvalue weighted by Crippen LogP contribution is -2.43. The van der Waals surface area contributed by atoms with E-state index in [1.165, 1.54) is 5.56 Å². The van der Waals surface area contributed by atoms with E-state index in [1.807, 2.05) is 24.3 Å². The molecule has 1 fully saturated rings. The molecule has 1 aromatic rings. The fourth-order valence-corrected chi connectivity index (χ4v) is 2.69. The quantitative estimate of drug-likeness (QED) is 0.898. The summed E-state index contributed by atoms with van der Waals surface area (Å²) in [4.78, 5) is 12.3. The Morgan fingerprint density at radius 1 is 1.23 bits per heavy atom. The average Bonchev–Trinajstić information content (AvgIpc) is 2.53. The summed E-state index contributed by atoms with van der Waals surface area (Å²) in [5, 5.41) is 12.6. The molecule has 2 N–H and O–H groups in total. The lowest BCUT2D eigenvalue weighted by atomic mass is 9.81. The molecule has 1 aliphatic rings. The molecule has 22 heavy (non-hydrogen) atoms. The standard InChI is InChI=1S/C18H27NO3/c1-17(2,3)15-6-4-14(5-7-15)16(21)19-12-18(13-20)8-10-22-11-9-18/h4-7,20H,8-13H2,1-3H3,(H,19,21). The van der Waals surface area contributed by atoms with E-state index in [0.29, 0.717) is 25.3 Å². The van der Waals surface area contributed by atoms with E-state index in [-0.39, 0.29) is 23.3 Å². The number of benzene rings is 1. The summed E-state index contributed by atoms with van der Waals surface area (Å²) >= 11 is 0. The molecule has 1 heterocycles. The van der Waals surface area contributed by atoms with Crippen LogP contribution < -0.4 is 5.32 Å². The molecule has 0 saturated carbocycles. The summed E-state index contributed by atoms with van der Waals surface area (Å²) in [6.45, 7) is 8.33. The Balaban J connectivity index is 1.97. The van der Waals surface area contributed by atoms with Gasteiger partial charge in [-0.25, -0.2) is 0 Å². The van der Waals surface area contributed by atoms with Gasteiger partial charge in [0.25, 0.3) is 5.91 Å². The zero-order valence-corrected chi connectivity index (χ0v) is 13.8. The van der Waals surface area contributed by atoms with Crippen molar-refractivity contribution in [3.05, 3.63) is 35.4 Å². The van der Waals surface area contributed by atoms with Gasteiger partial charge in [-0.2, -0.15) is 0 Å². The van der Waals surface area contributed by atoms with Crippen LogP contribution in [0.25, 0.3) is 0 Å². The van der Waals surface area contributed by atoms with Crippen LogP contribution in [0.5, 0.6) is 0 Å². The number of amides is 1. The first-order valence-corrected chi connectivity index (χ1v) is 7.94. The molecule has 0 spiro atoms. The molecule has 4 nitrogen and oxygen atoms in total. The van der Waals surface area contributed by atoms with Crippen LogP contribution in [0.15, 0.2) is 24.3 Å². The molecule has 0 aromatic heterocycles. The highest BCUT2D eigenvalue weighted by Crippen LogP contribution is 2.29. The van der Waals surface area contributed by atoms with Gasteiger partial charge in [0.05, 0.1) is 6.61 Å². The van der Waals surface area contributed by atoms with Crippen LogP contribution in [-0.4, -0.2) is 37.4 Å². The van der Waals surface area contributed by atoms with Gasteiger partial charge >= 0.3 is 0 Å². The molecule has 122 valence electrons. The third-order valence-electron chi connectivity index (χ3n) is 4.53. The minimum Gasteiger partial charge on any atom is -0.396 e. The lowest BCUT2D eigenvalue weighted by molar-refractivity contribution is -0.0146. The maximum Gasteiger partial charge on any atom is 0.251 e. The van der Waals surface area contributed by atoms with Gasteiger partial charge in [0, 0.05) is 30.7 Å².